The average Bonchev–Trinajstić information content (AvgIpc) is 2.35. The highest BCUT2D eigenvalue weighted by atomic mass is 31.0. The van der Waals surface area contributed by atoms with E-state index < -0.39 is 0 Å². The molecule has 0 radical (unpaired) electrons. The number of aromatic amines is 1. The molecule has 1 atom stereocenters. The Hall–Kier alpha value is -1.15. The Labute approximate surface area is 64.5 Å². The summed E-state index contributed by atoms with van der Waals surface area (Å²) in [6.45, 7) is 0. The molecule has 0 aliphatic carbocycles. The van der Waals surface area contributed by atoms with Gasteiger partial charge in [0.15, 0.2) is 0 Å². The zero-order valence-electron chi connectivity index (χ0n) is 5.61. The lowest BCUT2D eigenvalue weighted by Crippen LogP contribution is -2.01. The van der Waals surface area contributed by atoms with Crippen LogP contribution in [-0.4, -0.2) is 14.5 Å². The van der Waals surface area contributed by atoms with Crippen LogP contribution in [0.1, 0.15) is 0 Å². The molecule has 4 nitrogen and oxygen atoms in total. The molecule has 0 bridgehead atoms. The van der Waals surface area contributed by atoms with Gasteiger partial charge in [-0.05, 0) is 15.5 Å². The van der Waals surface area contributed by atoms with Crippen LogP contribution >= 0.6 is 9.39 Å². The molecule has 0 fully saturated rings. The minimum Gasteiger partial charge on any atom is -0.317 e. The molecular formula is C6H6N3OP. The Balaban J connectivity index is 3.06. The predicted octanol–water partition coefficient (Wildman–Crippen LogP) is 0.363. The van der Waals surface area contributed by atoms with Gasteiger partial charge >= 0.3 is 0 Å². The van der Waals surface area contributed by atoms with Crippen molar-refractivity contribution in [1.82, 2.24) is 14.5 Å². The molecule has 11 heavy (non-hydrogen) atoms. The van der Waals surface area contributed by atoms with Crippen molar-refractivity contribution < 1.29 is 0 Å². The zero-order chi connectivity index (χ0) is 7.84. The fraction of sp³-hybridized carbons (Fsp3) is 0. The largest absolute Gasteiger partial charge is 0.317 e. The van der Waals surface area contributed by atoms with Crippen LogP contribution in [0.25, 0.3) is 11.0 Å². The number of hydrogen-bond acceptors (Lipinski definition) is 2. The first-order valence-electron chi connectivity index (χ1n) is 3.09. The second kappa shape index (κ2) is 2.17. The van der Waals surface area contributed by atoms with E-state index in [4.69, 9.17) is 0 Å². The normalized spacial score (nSPS) is 10.6. The van der Waals surface area contributed by atoms with Crippen molar-refractivity contribution in [2.75, 3.05) is 0 Å². The van der Waals surface area contributed by atoms with Gasteiger partial charge in [0, 0.05) is 6.20 Å². The van der Waals surface area contributed by atoms with E-state index in [1.165, 1.54) is 6.20 Å². The van der Waals surface area contributed by atoms with Gasteiger partial charge in [-0.15, -0.1) is 0 Å². The lowest BCUT2D eigenvalue weighted by Gasteiger charge is -1.91. The van der Waals surface area contributed by atoms with Crippen molar-refractivity contribution in [3.05, 3.63) is 28.7 Å². The summed E-state index contributed by atoms with van der Waals surface area (Å²) in [5.41, 5.74) is 0.669. The predicted molar refractivity (Wildman–Crippen MR) is 45.5 cm³/mol. The number of rotatable bonds is 0. The van der Waals surface area contributed by atoms with Crippen molar-refractivity contribution in [1.29, 1.82) is 0 Å². The van der Waals surface area contributed by atoms with Crippen molar-refractivity contribution in [3.8, 4) is 0 Å². The maximum atomic E-state index is 11.1. The number of hydrogen-bond donors (Lipinski definition) is 1. The quantitative estimate of drug-likeness (QED) is 0.576. The van der Waals surface area contributed by atoms with Gasteiger partial charge in [0.2, 0.25) is 5.43 Å². The first kappa shape index (κ1) is 6.55. The van der Waals surface area contributed by atoms with Crippen molar-refractivity contribution in [3.63, 3.8) is 0 Å². The van der Waals surface area contributed by atoms with Crippen LogP contribution < -0.4 is 5.43 Å². The summed E-state index contributed by atoms with van der Waals surface area (Å²) in [6.07, 6.45) is 3.06. The average molecular weight is 167 g/mol. The Bertz CT molecular complexity index is 444. The molecule has 2 aromatic heterocycles. The van der Waals surface area contributed by atoms with Gasteiger partial charge in [-0.1, -0.05) is 0 Å². The third-order valence-corrected chi connectivity index (χ3v) is 1.96. The Morgan fingerprint density at radius 1 is 1.64 bits per heavy atom. The molecule has 1 unspecified atom stereocenters. The Morgan fingerprint density at radius 2 is 2.45 bits per heavy atom. The number of aromatic nitrogens is 3. The van der Waals surface area contributed by atoms with Crippen LogP contribution in [0, 0.1) is 0 Å². The van der Waals surface area contributed by atoms with Crippen LogP contribution in [0.2, 0.25) is 0 Å². The van der Waals surface area contributed by atoms with E-state index in [0.717, 1.165) is 5.65 Å². The third-order valence-electron chi connectivity index (χ3n) is 1.53. The molecule has 2 rings (SSSR count). The van der Waals surface area contributed by atoms with E-state index in [1.807, 2.05) is 0 Å². The smallest absolute Gasteiger partial charge is 0.209 e. The first-order chi connectivity index (χ1) is 5.29. The van der Waals surface area contributed by atoms with Crippen molar-refractivity contribution in [2.24, 2.45) is 0 Å². The van der Waals surface area contributed by atoms with E-state index >= 15 is 0 Å². The zero-order valence-corrected chi connectivity index (χ0v) is 6.77. The van der Waals surface area contributed by atoms with Gasteiger partial charge in [0.25, 0.3) is 0 Å². The van der Waals surface area contributed by atoms with Crippen LogP contribution in [0.4, 0.5) is 0 Å². The fourth-order valence-corrected chi connectivity index (χ4v) is 1.27. The van der Waals surface area contributed by atoms with Crippen LogP contribution in [0.3, 0.4) is 0 Å². The fourth-order valence-electron chi connectivity index (χ4n) is 0.986. The molecule has 2 heterocycles. The summed E-state index contributed by atoms with van der Waals surface area (Å²) in [7, 11) is 2.46. The topological polar surface area (TPSA) is 50.7 Å². The second-order valence-electron chi connectivity index (χ2n) is 2.22. The SMILES string of the molecule is O=c1cn[nH]c2c1ccn2P. The first-order valence-corrected chi connectivity index (χ1v) is 3.60. The van der Waals surface area contributed by atoms with Crippen molar-refractivity contribution >= 4 is 20.4 Å². The molecule has 5 heteroatoms. The van der Waals surface area contributed by atoms with Crippen LogP contribution in [0.5, 0.6) is 0 Å². The lowest BCUT2D eigenvalue weighted by molar-refractivity contribution is 1.04. The van der Waals surface area contributed by atoms with Gasteiger partial charge in [0.05, 0.1) is 11.6 Å². The van der Waals surface area contributed by atoms with Gasteiger partial charge in [-0.25, -0.2) is 0 Å². The molecule has 0 aromatic carbocycles. The molecular weight excluding hydrogens is 161 g/mol. The summed E-state index contributed by atoms with van der Waals surface area (Å²) in [5.74, 6) is 0. The maximum Gasteiger partial charge on any atom is 0.209 e. The second-order valence-corrected chi connectivity index (χ2v) is 2.78. The van der Waals surface area contributed by atoms with Gasteiger partial charge in [0.1, 0.15) is 5.65 Å². The molecule has 0 spiro atoms. The summed E-state index contributed by atoms with van der Waals surface area (Å²) in [4.78, 5) is 11.1. The molecule has 0 aliphatic rings. The van der Waals surface area contributed by atoms with E-state index in [0.29, 0.717) is 5.39 Å². The van der Waals surface area contributed by atoms with Gasteiger partial charge < -0.3 is 4.34 Å². The Morgan fingerprint density at radius 3 is 3.18 bits per heavy atom. The molecule has 1 N–H and O–H groups in total. The summed E-state index contributed by atoms with van der Waals surface area (Å²) in [6, 6.07) is 1.75. The third kappa shape index (κ3) is 0.870. The minimum atomic E-state index is -0.0556. The lowest BCUT2D eigenvalue weighted by atomic mass is 10.4. The minimum absolute atomic E-state index is 0.0556. The van der Waals surface area contributed by atoms with Crippen LogP contribution in [0.15, 0.2) is 23.3 Å². The van der Waals surface area contributed by atoms with Crippen LogP contribution in [-0.2, 0) is 0 Å². The van der Waals surface area contributed by atoms with Crippen molar-refractivity contribution in [2.45, 2.75) is 0 Å². The molecule has 0 amide bonds. The van der Waals surface area contributed by atoms with Gasteiger partial charge in [-0.2, -0.15) is 5.10 Å². The summed E-state index contributed by atoms with van der Waals surface area (Å²) in [5, 5.41) is 7.07. The molecule has 56 valence electrons. The maximum absolute atomic E-state index is 11.1. The standard InChI is InChI=1S/C6H6N3OP/c10-5-3-7-8-6-4(5)1-2-9(6)11/h1-3H,11H2,(H,8,10). The molecule has 0 saturated heterocycles. The molecule has 0 aliphatic heterocycles. The number of nitrogens with one attached hydrogen (secondary N) is 1. The summed E-state index contributed by atoms with van der Waals surface area (Å²) < 4.78 is 1.74. The highest BCUT2D eigenvalue weighted by molar-refractivity contribution is 7.14. The van der Waals surface area contributed by atoms with E-state index in [2.05, 4.69) is 19.6 Å². The number of H-pyrrole nitrogens is 1. The van der Waals surface area contributed by atoms with Gasteiger partial charge in [-0.3, -0.25) is 9.89 Å². The highest BCUT2D eigenvalue weighted by Gasteiger charge is 1.99. The van der Waals surface area contributed by atoms with E-state index in [-0.39, 0.29) is 5.43 Å². The summed E-state index contributed by atoms with van der Waals surface area (Å²) >= 11 is 0. The number of fused-ring (bicyclic) bond motifs is 1. The Kier molecular flexibility index (Phi) is 1.29. The molecule has 2 aromatic rings. The highest BCUT2D eigenvalue weighted by Crippen LogP contribution is 2.09. The van der Waals surface area contributed by atoms with E-state index in [1.54, 1.807) is 16.6 Å². The number of nitrogens with zero attached hydrogens (tertiary/aromatic N) is 2. The monoisotopic (exact) mass is 167 g/mol. The molecule has 0 saturated carbocycles. The van der Waals surface area contributed by atoms with E-state index in [9.17, 15) is 4.79 Å².